The van der Waals surface area contributed by atoms with E-state index in [0.717, 1.165) is 0 Å². The summed E-state index contributed by atoms with van der Waals surface area (Å²) in [6.07, 6.45) is 1.82. The summed E-state index contributed by atoms with van der Waals surface area (Å²) < 4.78 is 4.43. The minimum atomic E-state index is -0.203. The van der Waals surface area contributed by atoms with Crippen LogP contribution in [0.4, 0.5) is 0 Å². The van der Waals surface area contributed by atoms with E-state index in [1.165, 1.54) is 10.8 Å². The Bertz CT molecular complexity index is 148. The average molecular weight is 180 g/mol. The Morgan fingerprint density at radius 3 is 3.00 bits per heavy atom. The fourth-order valence-electron chi connectivity index (χ4n) is 0.412. The van der Waals surface area contributed by atoms with Crippen molar-refractivity contribution in [1.29, 1.82) is 0 Å². The van der Waals surface area contributed by atoms with E-state index in [0.29, 0.717) is 0 Å². The SMILES string of the molecule is O=C(OP)C1C=CSS1. The Labute approximate surface area is 63.5 Å². The molecular formula is C4H5O2PS2. The lowest BCUT2D eigenvalue weighted by Gasteiger charge is -2.00. The van der Waals surface area contributed by atoms with Crippen molar-refractivity contribution >= 4 is 37.0 Å². The molecule has 1 rings (SSSR count). The zero-order valence-corrected chi connectivity index (χ0v) is 7.23. The van der Waals surface area contributed by atoms with Gasteiger partial charge in [-0.25, -0.2) is 0 Å². The van der Waals surface area contributed by atoms with Crippen molar-refractivity contribution < 1.29 is 9.32 Å². The fraction of sp³-hybridized carbons (Fsp3) is 0.250. The van der Waals surface area contributed by atoms with E-state index in [-0.39, 0.29) is 11.2 Å². The van der Waals surface area contributed by atoms with Gasteiger partial charge in [-0.15, -0.1) is 0 Å². The summed E-state index contributed by atoms with van der Waals surface area (Å²) in [6.45, 7) is 0. The van der Waals surface area contributed by atoms with Gasteiger partial charge in [0.2, 0.25) is 0 Å². The molecular weight excluding hydrogens is 175 g/mol. The molecule has 0 fully saturated rings. The standard InChI is InChI=1S/C4H5O2PS2/c5-4(6-7)3-1-2-8-9-3/h1-3H,7H2. The average Bonchev–Trinajstić information content (AvgIpc) is 2.37. The van der Waals surface area contributed by atoms with E-state index >= 15 is 0 Å². The third-order valence-corrected chi connectivity index (χ3v) is 3.27. The largest absolute Gasteiger partial charge is 0.450 e. The second-order valence-electron chi connectivity index (χ2n) is 1.38. The number of hydrogen-bond acceptors (Lipinski definition) is 4. The van der Waals surface area contributed by atoms with Crippen molar-refractivity contribution in [1.82, 2.24) is 0 Å². The van der Waals surface area contributed by atoms with Gasteiger partial charge in [-0.05, 0) is 5.41 Å². The van der Waals surface area contributed by atoms with Gasteiger partial charge in [0, 0.05) is 0 Å². The molecule has 9 heavy (non-hydrogen) atoms. The Morgan fingerprint density at radius 2 is 2.56 bits per heavy atom. The van der Waals surface area contributed by atoms with Gasteiger partial charge in [0.15, 0.2) is 0 Å². The van der Waals surface area contributed by atoms with Gasteiger partial charge in [0.05, 0.1) is 9.47 Å². The maximum Gasteiger partial charge on any atom is 0.326 e. The lowest BCUT2D eigenvalue weighted by atomic mass is 10.4. The van der Waals surface area contributed by atoms with Crippen LogP contribution < -0.4 is 0 Å². The summed E-state index contributed by atoms with van der Waals surface area (Å²) >= 11 is 0. The first-order chi connectivity index (χ1) is 4.34. The van der Waals surface area contributed by atoms with Gasteiger partial charge in [0.25, 0.3) is 0 Å². The molecule has 0 bridgehead atoms. The van der Waals surface area contributed by atoms with Crippen molar-refractivity contribution in [2.24, 2.45) is 0 Å². The summed E-state index contributed by atoms with van der Waals surface area (Å²) in [7, 11) is 4.99. The second-order valence-corrected chi connectivity index (χ2v) is 3.93. The van der Waals surface area contributed by atoms with Gasteiger partial charge >= 0.3 is 5.97 Å². The molecule has 0 aromatic rings. The first-order valence-corrected chi connectivity index (χ1v) is 4.98. The molecule has 0 radical (unpaired) electrons. The number of carbonyl (C=O) groups excluding carboxylic acids is 1. The van der Waals surface area contributed by atoms with Crippen molar-refractivity contribution in [3.05, 3.63) is 11.5 Å². The lowest BCUT2D eigenvalue weighted by molar-refractivity contribution is -0.131. The molecule has 50 valence electrons. The molecule has 5 heteroatoms. The summed E-state index contributed by atoms with van der Waals surface area (Å²) in [6, 6.07) is 0. The zero-order chi connectivity index (χ0) is 6.69. The monoisotopic (exact) mass is 180 g/mol. The van der Waals surface area contributed by atoms with E-state index in [9.17, 15) is 4.79 Å². The molecule has 0 saturated carbocycles. The van der Waals surface area contributed by atoms with Gasteiger partial charge in [-0.1, -0.05) is 27.7 Å². The van der Waals surface area contributed by atoms with Gasteiger partial charge < -0.3 is 4.52 Å². The molecule has 2 unspecified atom stereocenters. The van der Waals surface area contributed by atoms with Crippen LogP contribution in [0.25, 0.3) is 0 Å². The molecule has 0 aliphatic carbocycles. The molecule has 2 atom stereocenters. The molecule has 1 heterocycles. The third kappa shape index (κ3) is 1.88. The quantitative estimate of drug-likeness (QED) is 0.452. The normalized spacial score (nSPS) is 24.3. The van der Waals surface area contributed by atoms with Crippen molar-refractivity contribution in [3.8, 4) is 0 Å². The molecule has 2 nitrogen and oxygen atoms in total. The minimum Gasteiger partial charge on any atom is -0.450 e. The van der Waals surface area contributed by atoms with E-state index in [2.05, 4.69) is 4.52 Å². The van der Waals surface area contributed by atoms with Gasteiger partial charge in [-0.3, -0.25) is 4.79 Å². The molecule has 0 amide bonds. The summed E-state index contributed by atoms with van der Waals surface area (Å²) in [5, 5.41) is 1.78. The molecule has 0 aromatic carbocycles. The number of carbonyl (C=O) groups is 1. The lowest BCUT2D eigenvalue weighted by Crippen LogP contribution is -2.10. The predicted molar refractivity (Wildman–Crippen MR) is 43.9 cm³/mol. The molecule has 1 aliphatic rings. The summed E-state index contributed by atoms with van der Waals surface area (Å²) in [5.41, 5.74) is 0. The molecule has 0 aromatic heterocycles. The van der Waals surface area contributed by atoms with Crippen molar-refractivity contribution in [2.75, 3.05) is 0 Å². The highest BCUT2D eigenvalue weighted by Crippen LogP contribution is 2.36. The Balaban J connectivity index is 2.43. The first-order valence-electron chi connectivity index (χ1n) is 2.24. The molecule has 0 saturated heterocycles. The van der Waals surface area contributed by atoms with Crippen LogP contribution in [-0.2, 0) is 9.32 Å². The van der Waals surface area contributed by atoms with Crippen LogP contribution in [0.15, 0.2) is 11.5 Å². The van der Waals surface area contributed by atoms with Crippen molar-refractivity contribution in [2.45, 2.75) is 5.25 Å². The van der Waals surface area contributed by atoms with Crippen LogP contribution in [0.3, 0.4) is 0 Å². The zero-order valence-electron chi connectivity index (χ0n) is 4.44. The molecule has 0 N–H and O–H groups in total. The molecule has 0 spiro atoms. The van der Waals surface area contributed by atoms with Crippen LogP contribution >= 0.6 is 31.1 Å². The Hall–Kier alpha value is 0.340. The van der Waals surface area contributed by atoms with Gasteiger partial charge in [0.1, 0.15) is 5.25 Å². The van der Waals surface area contributed by atoms with Gasteiger partial charge in [-0.2, -0.15) is 0 Å². The topological polar surface area (TPSA) is 26.3 Å². The smallest absolute Gasteiger partial charge is 0.326 e. The third-order valence-electron chi connectivity index (χ3n) is 0.817. The summed E-state index contributed by atoms with van der Waals surface area (Å²) in [4.78, 5) is 10.7. The second kappa shape index (κ2) is 3.49. The Morgan fingerprint density at radius 1 is 1.78 bits per heavy atom. The van der Waals surface area contributed by atoms with E-state index in [1.54, 1.807) is 10.8 Å². The fourth-order valence-corrected chi connectivity index (χ4v) is 2.61. The predicted octanol–water partition coefficient (Wildman–Crippen LogP) is 1.60. The van der Waals surface area contributed by atoms with Crippen LogP contribution in [0.5, 0.6) is 0 Å². The van der Waals surface area contributed by atoms with Crippen LogP contribution in [-0.4, -0.2) is 11.2 Å². The van der Waals surface area contributed by atoms with E-state index in [4.69, 9.17) is 0 Å². The maximum atomic E-state index is 10.7. The maximum absolute atomic E-state index is 10.7. The highest BCUT2D eigenvalue weighted by atomic mass is 33.1. The van der Waals surface area contributed by atoms with E-state index < -0.39 is 0 Å². The van der Waals surface area contributed by atoms with Crippen LogP contribution in [0.1, 0.15) is 0 Å². The number of hydrogen-bond donors (Lipinski definition) is 0. The minimum absolute atomic E-state index is 0.104. The van der Waals surface area contributed by atoms with E-state index in [1.807, 2.05) is 21.0 Å². The number of rotatable bonds is 1. The molecule has 1 aliphatic heterocycles. The Kier molecular flexibility index (Phi) is 2.89. The van der Waals surface area contributed by atoms with Crippen LogP contribution in [0, 0.1) is 0 Å². The highest BCUT2D eigenvalue weighted by molar-refractivity contribution is 8.78. The highest BCUT2D eigenvalue weighted by Gasteiger charge is 2.19. The summed E-state index contributed by atoms with van der Waals surface area (Å²) in [5.74, 6) is -0.203. The van der Waals surface area contributed by atoms with Crippen LogP contribution in [0.2, 0.25) is 0 Å². The first kappa shape index (κ1) is 7.45. The van der Waals surface area contributed by atoms with Crippen molar-refractivity contribution in [3.63, 3.8) is 0 Å².